The molecule has 0 unspecified atom stereocenters. The fourth-order valence-corrected chi connectivity index (χ4v) is 3.18. The van der Waals surface area contributed by atoms with Gasteiger partial charge >= 0.3 is 5.97 Å². The van der Waals surface area contributed by atoms with Gasteiger partial charge in [-0.2, -0.15) is 4.98 Å². The summed E-state index contributed by atoms with van der Waals surface area (Å²) in [6, 6.07) is 10.3. The van der Waals surface area contributed by atoms with Crippen LogP contribution in [0.1, 0.15) is 17.3 Å². The summed E-state index contributed by atoms with van der Waals surface area (Å²) in [7, 11) is 4.47. The predicted octanol–water partition coefficient (Wildman–Crippen LogP) is 3.69. The van der Waals surface area contributed by atoms with Gasteiger partial charge in [0.15, 0.2) is 23.9 Å². The Balaban J connectivity index is 1.52. The van der Waals surface area contributed by atoms with Crippen LogP contribution in [-0.2, 0) is 27.4 Å². The molecule has 10 nitrogen and oxygen atoms in total. The highest BCUT2D eigenvalue weighted by Crippen LogP contribution is 2.36. The maximum Gasteiger partial charge on any atom is 0.331 e. The Kier molecular flexibility index (Phi) is 8.47. The van der Waals surface area contributed by atoms with Crippen molar-refractivity contribution in [1.82, 2.24) is 10.1 Å². The quantitative estimate of drug-likeness (QED) is 0.337. The molecule has 0 saturated heterocycles. The lowest BCUT2D eigenvalue weighted by molar-refractivity contribution is -0.139. The maximum absolute atomic E-state index is 12.2. The molecular formula is C23H22ClN3O7. The molecule has 1 amide bonds. The van der Waals surface area contributed by atoms with Crippen LogP contribution in [0.5, 0.6) is 17.2 Å². The van der Waals surface area contributed by atoms with Crippen LogP contribution in [-0.4, -0.2) is 43.3 Å². The number of carbonyl (C=O) groups is 2. The highest BCUT2D eigenvalue weighted by molar-refractivity contribution is 6.32. The summed E-state index contributed by atoms with van der Waals surface area (Å²) in [6.45, 7) is -0.253. The molecule has 0 bridgehead atoms. The standard InChI is InChI=1S/C23H22ClN3O7/c1-30-17-7-5-4-6-16(17)25-20(28)12-19-26-21(34-27-19)13-33-22(29)9-8-14-10-15(24)23(32-3)18(11-14)31-2/h4-11H,12-13H2,1-3H3,(H,25,28)/b9-8+. The van der Waals surface area contributed by atoms with E-state index in [-0.39, 0.29) is 30.7 Å². The van der Waals surface area contributed by atoms with Crippen molar-refractivity contribution in [3.05, 3.63) is 64.8 Å². The Morgan fingerprint density at radius 1 is 1.09 bits per heavy atom. The summed E-state index contributed by atoms with van der Waals surface area (Å²) >= 11 is 6.15. The number of benzene rings is 2. The predicted molar refractivity (Wildman–Crippen MR) is 123 cm³/mol. The van der Waals surface area contributed by atoms with Crippen molar-refractivity contribution in [3.8, 4) is 17.2 Å². The van der Waals surface area contributed by atoms with E-state index >= 15 is 0 Å². The molecule has 3 rings (SSSR count). The molecule has 2 aromatic carbocycles. The zero-order valence-corrected chi connectivity index (χ0v) is 19.4. The van der Waals surface area contributed by atoms with E-state index in [0.29, 0.717) is 33.5 Å². The van der Waals surface area contributed by atoms with Crippen molar-refractivity contribution in [1.29, 1.82) is 0 Å². The topological polar surface area (TPSA) is 122 Å². The van der Waals surface area contributed by atoms with E-state index in [0.717, 1.165) is 0 Å². The minimum absolute atomic E-state index is 0.0519. The first-order valence-corrected chi connectivity index (χ1v) is 10.3. The molecule has 0 radical (unpaired) electrons. The number of carbonyl (C=O) groups excluding carboxylic acids is 2. The van der Waals surface area contributed by atoms with Crippen LogP contribution in [0.4, 0.5) is 5.69 Å². The molecule has 1 heterocycles. The third-order valence-electron chi connectivity index (χ3n) is 4.42. The Hall–Kier alpha value is -4.05. The molecule has 11 heteroatoms. The van der Waals surface area contributed by atoms with E-state index < -0.39 is 5.97 Å². The molecule has 0 spiro atoms. The van der Waals surface area contributed by atoms with Gasteiger partial charge in [-0.05, 0) is 35.9 Å². The normalized spacial score (nSPS) is 10.7. The molecule has 0 fully saturated rings. The number of anilines is 1. The van der Waals surface area contributed by atoms with Gasteiger partial charge in [0.2, 0.25) is 5.91 Å². The first-order valence-electron chi connectivity index (χ1n) is 9.94. The van der Waals surface area contributed by atoms with Crippen molar-refractivity contribution in [2.75, 3.05) is 26.6 Å². The highest BCUT2D eigenvalue weighted by atomic mass is 35.5. The Morgan fingerprint density at radius 3 is 2.59 bits per heavy atom. The monoisotopic (exact) mass is 487 g/mol. The third-order valence-corrected chi connectivity index (χ3v) is 4.70. The zero-order valence-electron chi connectivity index (χ0n) is 18.7. The fraction of sp³-hybridized carbons (Fsp3) is 0.217. The van der Waals surface area contributed by atoms with Crippen LogP contribution in [0.3, 0.4) is 0 Å². The second-order valence-corrected chi connectivity index (χ2v) is 7.12. The molecule has 34 heavy (non-hydrogen) atoms. The first-order chi connectivity index (χ1) is 16.4. The van der Waals surface area contributed by atoms with Crippen LogP contribution >= 0.6 is 11.6 Å². The second kappa shape index (κ2) is 11.7. The van der Waals surface area contributed by atoms with Crippen molar-refractivity contribution in [2.45, 2.75) is 13.0 Å². The number of esters is 1. The van der Waals surface area contributed by atoms with Gasteiger partial charge in [-0.15, -0.1) is 0 Å². The Morgan fingerprint density at radius 2 is 1.85 bits per heavy atom. The molecule has 3 aromatic rings. The molecule has 0 atom stereocenters. The van der Waals surface area contributed by atoms with Crippen LogP contribution in [0.25, 0.3) is 6.08 Å². The lowest BCUT2D eigenvalue weighted by Crippen LogP contribution is -2.15. The number of hydrogen-bond donors (Lipinski definition) is 1. The van der Waals surface area contributed by atoms with Crippen LogP contribution in [0.2, 0.25) is 5.02 Å². The molecular weight excluding hydrogens is 466 g/mol. The average Bonchev–Trinajstić information content (AvgIpc) is 3.28. The van der Waals surface area contributed by atoms with Crippen molar-refractivity contribution in [2.24, 2.45) is 0 Å². The van der Waals surface area contributed by atoms with E-state index in [1.54, 1.807) is 36.4 Å². The Bertz CT molecular complexity index is 1190. The van der Waals surface area contributed by atoms with Crippen molar-refractivity contribution in [3.63, 3.8) is 0 Å². The fourth-order valence-electron chi connectivity index (χ4n) is 2.89. The molecule has 1 aromatic heterocycles. The van der Waals surface area contributed by atoms with Crippen LogP contribution in [0, 0.1) is 0 Å². The smallest absolute Gasteiger partial charge is 0.331 e. The summed E-state index contributed by atoms with van der Waals surface area (Å²) < 4.78 is 25.7. The van der Waals surface area contributed by atoms with E-state index in [2.05, 4.69) is 15.5 Å². The largest absolute Gasteiger partial charge is 0.495 e. The number of para-hydroxylation sites is 2. The molecule has 1 N–H and O–H groups in total. The van der Waals surface area contributed by atoms with Gasteiger partial charge in [0.1, 0.15) is 5.75 Å². The maximum atomic E-state index is 12.2. The van der Waals surface area contributed by atoms with Crippen LogP contribution in [0.15, 0.2) is 47.0 Å². The number of nitrogens with one attached hydrogen (secondary N) is 1. The van der Waals surface area contributed by atoms with Crippen LogP contribution < -0.4 is 19.5 Å². The van der Waals surface area contributed by atoms with Gasteiger partial charge in [0.25, 0.3) is 5.89 Å². The number of nitrogens with zero attached hydrogens (tertiary/aromatic N) is 2. The third kappa shape index (κ3) is 6.48. The van der Waals surface area contributed by atoms with E-state index in [1.807, 2.05) is 0 Å². The summed E-state index contributed by atoms with van der Waals surface area (Å²) in [6.07, 6.45) is 2.60. The highest BCUT2D eigenvalue weighted by Gasteiger charge is 2.14. The molecule has 0 saturated carbocycles. The summed E-state index contributed by atoms with van der Waals surface area (Å²) in [5, 5.41) is 6.78. The van der Waals surface area contributed by atoms with Gasteiger partial charge in [-0.1, -0.05) is 28.9 Å². The Labute approximate surface area is 200 Å². The van der Waals surface area contributed by atoms with Gasteiger partial charge in [-0.25, -0.2) is 4.79 Å². The van der Waals surface area contributed by atoms with Gasteiger partial charge in [0.05, 0.1) is 38.5 Å². The lowest BCUT2D eigenvalue weighted by Gasteiger charge is -2.10. The number of hydrogen-bond acceptors (Lipinski definition) is 9. The van der Waals surface area contributed by atoms with E-state index in [9.17, 15) is 9.59 Å². The number of aromatic nitrogens is 2. The van der Waals surface area contributed by atoms with Crippen molar-refractivity contribution < 1.29 is 33.1 Å². The van der Waals surface area contributed by atoms with Gasteiger partial charge < -0.3 is 28.8 Å². The molecule has 178 valence electrons. The number of halogens is 1. The molecule has 0 aliphatic heterocycles. The number of amides is 1. The molecule has 0 aliphatic carbocycles. The van der Waals surface area contributed by atoms with E-state index in [4.69, 9.17) is 35.1 Å². The first kappa shape index (κ1) is 24.6. The zero-order chi connectivity index (χ0) is 24.5. The number of rotatable bonds is 10. The van der Waals surface area contributed by atoms with Gasteiger partial charge in [0, 0.05) is 6.08 Å². The summed E-state index contributed by atoms with van der Waals surface area (Å²) in [5.41, 5.74) is 1.14. The number of ether oxygens (including phenoxy) is 4. The lowest BCUT2D eigenvalue weighted by atomic mass is 10.2. The second-order valence-electron chi connectivity index (χ2n) is 6.71. The SMILES string of the molecule is COc1ccccc1NC(=O)Cc1noc(COC(=O)/C=C/c2cc(Cl)c(OC)c(OC)c2)n1. The van der Waals surface area contributed by atoms with E-state index in [1.165, 1.54) is 33.5 Å². The average molecular weight is 488 g/mol. The summed E-state index contributed by atoms with van der Waals surface area (Å²) in [5.74, 6) is 0.554. The molecule has 0 aliphatic rings. The minimum atomic E-state index is -0.639. The summed E-state index contributed by atoms with van der Waals surface area (Å²) in [4.78, 5) is 28.3. The van der Waals surface area contributed by atoms with Crippen molar-refractivity contribution >= 4 is 35.2 Å². The minimum Gasteiger partial charge on any atom is -0.495 e. The number of methoxy groups -OCH3 is 3. The van der Waals surface area contributed by atoms with Gasteiger partial charge in [-0.3, -0.25) is 4.79 Å².